The maximum atomic E-state index is 13.2. The number of aromatic nitrogens is 1. The molecule has 2 aliphatic rings. The van der Waals surface area contributed by atoms with Crippen molar-refractivity contribution in [3.8, 4) is 5.88 Å². The van der Waals surface area contributed by atoms with Crippen LogP contribution in [-0.2, 0) is 11.3 Å². The molecule has 192 valence electrons. The van der Waals surface area contributed by atoms with Crippen LogP contribution in [0.25, 0.3) is 0 Å². The first-order valence-electron chi connectivity index (χ1n) is 12.0. The van der Waals surface area contributed by atoms with Crippen LogP contribution in [-0.4, -0.2) is 49.3 Å². The molecule has 0 radical (unpaired) electrons. The Hall–Kier alpha value is -3.11. The minimum atomic E-state index is -0.661. The molecule has 11 heteroatoms. The smallest absolute Gasteiger partial charge is 0.262 e. The lowest BCUT2D eigenvalue weighted by molar-refractivity contribution is -0.122. The fraction of sp³-hybridized carbons (Fsp3) is 0.440. The van der Waals surface area contributed by atoms with Crippen molar-refractivity contribution in [2.45, 2.75) is 44.7 Å². The van der Waals surface area contributed by atoms with Crippen LogP contribution >= 0.6 is 22.9 Å². The molecule has 1 fully saturated rings. The van der Waals surface area contributed by atoms with Crippen molar-refractivity contribution >= 4 is 46.7 Å². The summed E-state index contributed by atoms with van der Waals surface area (Å²) >= 11 is 7.54. The maximum absolute atomic E-state index is 13.2. The number of amides is 2. The molecule has 0 saturated heterocycles. The Morgan fingerprint density at radius 2 is 2.19 bits per heavy atom. The summed E-state index contributed by atoms with van der Waals surface area (Å²) in [5.41, 5.74) is 6.83. The van der Waals surface area contributed by atoms with Crippen molar-refractivity contribution in [3.63, 3.8) is 0 Å². The summed E-state index contributed by atoms with van der Waals surface area (Å²) < 4.78 is 5.63. The molecular formula is C25H31ClN6O3S. The normalized spacial score (nSPS) is 17.1. The Labute approximate surface area is 219 Å². The number of allylic oxidation sites excluding steroid dienone is 1. The van der Waals surface area contributed by atoms with Gasteiger partial charge in [-0.3, -0.25) is 14.6 Å². The van der Waals surface area contributed by atoms with Crippen LogP contribution < -0.4 is 26.0 Å². The Kier molecular flexibility index (Phi) is 8.82. The number of thiophene rings is 1. The lowest BCUT2D eigenvalue weighted by Gasteiger charge is -2.30. The Morgan fingerprint density at radius 1 is 1.39 bits per heavy atom. The van der Waals surface area contributed by atoms with Gasteiger partial charge >= 0.3 is 0 Å². The van der Waals surface area contributed by atoms with Crippen LogP contribution in [0.3, 0.4) is 0 Å². The molecular weight excluding hydrogens is 500 g/mol. The molecule has 0 bridgehead atoms. The fourth-order valence-corrected chi connectivity index (χ4v) is 5.67. The summed E-state index contributed by atoms with van der Waals surface area (Å²) in [5.74, 6) is 0.406. The third-order valence-corrected chi connectivity index (χ3v) is 7.63. The third-order valence-electron chi connectivity index (χ3n) is 6.35. The average Bonchev–Trinajstić information content (AvgIpc) is 3.56. The van der Waals surface area contributed by atoms with E-state index < -0.39 is 6.04 Å². The Balaban J connectivity index is 1.44. The predicted molar refractivity (Wildman–Crippen MR) is 143 cm³/mol. The Bertz CT molecular complexity index is 1140. The quantitative estimate of drug-likeness (QED) is 0.427. The summed E-state index contributed by atoms with van der Waals surface area (Å²) in [7, 11) is 1.60. The monoisotopic (exact) mass is 530 g/mol. The number of rotatable bonds is 9. The van der Waals surface area contributed by atoms with Crippen LogP contribution in [0.15, 0.2) is 41.3 Å². The minimum absolute atomic E-state index is 0.265. The molecule has 4 N–H and O–H groups in total. The molecule has 3 heterocycles. The van der Waals surface area contributed by atoms with Crippen LogP contribution in [0.5, 0.6) is 5.88 Å². The number of pyridine rings is 1. The molecule has 4 rings (SSSR count). The topological polar surface area (TPSA) is 122 Å². The number of halogens is 1. The molecule has 36 heavy (non-hydrogen) atoms. The highest BCUT2D eigenvalue weighted by Gasteiger charge is 2.28. The minimum Gasteiger partial charge on any atom is -0.474 e. The molecule has 9 nitrogen and oxygen atoms in total. The number of hydrogen-bond donors (Lipinski definition) is 3. The van der Waals surface area contributed by atoms with Crippen LogP contribution in [0, 0.1) is 5.92 Å². The summed E-state index contributed by atoms with van der Waals surface area (Å²) in [6.45, 7) is 1.82. The fourth-order valence-electron chi connectivity index (χ4n) is 4.59. The number of nitrogens with two attached hydrogens (primary N) is 1. The first-order valence-corrected chi connectivity index (χ1v) is 13.2. The van der Waals surface area contributed by atoms with E-state index in [0.717, 1.165) is 36.2 Å². The number of carbonyl (C=O) groups is 2. The molecule has 2 amide bonds. The molecule has 0 aromatic carbocycles. The largest absolute Gasteiger partial charge is 0.474 e. The van der Waals surface area contributed by atoms with Crippen molar-refractivity contribution < 1.29 is 14.3 Å². The summed E-state index contributed by atoms with van der Waals surface area (Å²) in [6, 6.07) is 4.91. The van der Waals surface area contributed by atoms with E-state index in [4.69, 9.17) is 22.1 Å². The lowest BCUT2D eigenvalue weighted by Crippen LogP contribution is -2.47. The van der Waals surface area contributed by atoms with Crippen LogP contribution in [0.2, 0.25) is 5.02 Å². The third kappa shape index (κ3) is 6.55. The average molecular weight is 531 g/mol. The number of fused-ring (bicyclic) bond motifs is 1. The molecule has 1 aliphatic carbocycles. The van der Waals surface area contributed by atoms with Crippen LogP contribution in [0.1, 0.15) is 46.7 Å². The van der Waals surface area contributed by atoms with E-state index in [1.807, 2.05) is 12.1 Å². The highest BCUT2D eigenvalue weighted by Crippen LogP contribution is 2.33. The highest BCUT2D eigenvalue weighted by atomic mass is 35.5. The molecule has 1 atom stereocenters. The molecule has 1 unspecified atom stereocenters. The van der Waals surface area contributed by atoms with E-state index in [1.54, 1.807) is 19.3 Å². The van der Waals surface area contributed by atoms with Gasteiger partial charge in [-0.25, -0.2) is 4.98 Å². The van der Waals surface area contributed by atoms with Crippen molar-refractivity contribution in [2.24, 2.45) is 16.6 Å². The van der Waals surface area contributed by atoms with E-state index in [1.165, 1.54) is 23.8 Å². The number of aliphatic imine (C=N–C) groups is 1. The highest BCUT2D eigenvalue weighted by molar-refractivity contribution is 7.14. The number of hydrogen-bond acceptors (Lipinski definition) is 8. The van der Waals surface area contributed by atoms with Crippen molar-refractivity contribution in [3.05, 3.63) is 51.1 Å². The summed E-state index contributed by atoms with van der Waals surface area (Å²) in [5, 5.41) is 6.27. The van der Waals surface area contributed by atoms with Gasteiger partial charge in [-0.2, -0.15) is 0 Å². The summed E-state index contributed by atoms with van der Waals surface area (Å²) in [6.07, 6.45) is 9.37. The van der Waals surface area contributed by atoms with Gasteiger partial charge in [-0.1, -0.05) is 37.3 Å². The molecule has 2 aromatic heterocycles. The van der Waals surface area contributed by atoms with Gasteiger partial charge in [0.2, 0.25) is 11.8 Å². The zero-order valence-electron chi connectivity index (χ0n) is 20.2. The van der Waals surface area contributed by atoms with Gasteiger partial charge in [-0.15, -0.1) is 11.3 Å². The Morgan fingerprint density at radius 3 is 2.94 bits per heavy atom. The number of nitrogens with one attached hydrogen (secondary N) is 2. The number of ether oxygens (including phenoxy) is 1. The van der Waals surface area contributed by atoms with Crippen molar-refractivity contribution in [1.82, 2.24) is 15.6 Å². The van der Waals surface area contributed by atoms with Gasteiger partial charge in [0.25, 0.3) is 5.91 Å². The van der Waals surface area contributed by atoms with E-state index in [-0.39, 0.29) is 11.8 Å². The van der Waals surface area contributed by atoms with Gasteiger partial charge in [0.1, 0.15) is 18.3 Å². The van der Waals surface area contributed by atoms with Crippen molar-refractivity contribution in [2.75, 3.05) is 25.1 Å². The molecule has 2 aromatic rings. The first kappa shape index (κ1) is 26.0. The zero-order chi connectivity index (χ0) is 25.5. The predicted octanol–water partition coefficient (Wildman–Crippen LogP) is 3.49. The van der Waals surface area contributed by atoms with E-state index in [0.29, 0.717) is 53.5 Å². The van der Waals surface area contributed by atoms with Gasteiger partial charge in [-0.05, 0) is 30.5 Å². The van der Waals surface area contributed by atoms with E-state index in [9.17, 15) is 9.59 Å². The van der Waals surface area contributed by atoms with Gasteiger partial charge < -0.3 is 26.0 Å². The number of carbonyl (C=O) groups excluding carboxylic acids is 2. The second kappa shape index (κ2) is 12.2. The van der Waals surface area contributed by atoms with E-state index in [2.05, 4.69) is 25.5 Å². The lowest BCUT2D eigenvalue weighted by atomic mass is 9.97. The first-order chi connectivity index (χ1) is 17.5. The van der Waals surface area contributed by atoms with Gasteiger partial charge in [0.15, 0.2) is 0 Å². The number of nitrogens with zero attached hydrogens (tertiary/aromatic N) is 3. The number of anilines is 1. The SMILES string of the molecule is CN=C/C(=C\N)NC(=O)C(CC1CCCC1)NC(=O)c1ccc(CN2CCOc3ncc(Cl)cc32)s1. The molecule has 1 aliphatic heterocycles. The standard InChI is InChI=1S/C25H31ClN6O3S/c1-28-14-18(12-27)30-23(33)20(10-16-4-2-3-5-16)31-24(34)22-7-6-19(36-22)15-32-8-9-35-25-21(32)11-17(26)13-29-25/h6-7,11-14,16,20H,2-5,8-10,15,27H2,1H3,(H,30,33)(H,31,34)/b18-12+,28-14?. The molecule has 0 spiro atoms. The molecule has 1 saturated carbocycles. The van der Waals surface area contributed by atoms with Gasteiger partial charge in [0.05, 0.1) is 28.7 Å². The second-order valence-corrected chi connectivity index (χ2v) is 10.5. The summed E-state index contributed by atoms with van der Waals surface area (Å²) in [4.78, 5) is 38.1. The maximum Gasteiger partial charge on any atom is 0.262 e. The van der Waals surface area contributed by atoms with E-state index >= 15 is 0 Å². The second-order valence-electron chi connectivity index (χ2n) is 8.92. The zero-order valence-corrected chi connectivity index (χ0v) is 21.8. The van der Waals surface area contributed by atoms with Crippen LogP contribution in [0.4, 0.5) is 5.69 Å². The van der Waals surface area contributed by atoms with Gasteiger partial charge in [0, 0.05) is 30.5 Å². The van der Waals surface area contributed by atoms with Crippen molar-refractivity contribution in [1.29, 1.82) is 0 Å².